The van der Waals surface area contributed by atoms with E-state index in [1.165, 1.54) is 22.3 Å². The first-order valence-electron chi connectivity index (χ1n) is 12.1. The Balaban J connectivity index is 1.72. The highest BCUT2D eigenvalue weighted by Gasteiger charge is 2.30. The van der Waals surface area contributed by atoms with E-state index in [-0.39, 0.29) is 0 Å². The Morgan fingerprint density at radius 3 is 2.59 bits per heavy atom. The molecule has 1 aliphatic heterocycles. The summed E-state index contributed by atoms with van der Waals surface area (Å²) >= 11 is 6.85. The van der Waals surface area contributed by atoms with Gasteiger partial charge in [-0.05, 0) is 48.8 Å². The van der Waals surface area contributed by atoms with E-state index in [1.54, 1.807) is 0 Å². The van der Waals surface area contributed by atoms with Crippen LogP contribution in [0, 0.1) is 12.8 Å². The second-order valence-corrected chi connectivity index (χ2v) is 9.92. The molecule has 0 spiro atoms. The molecule has 2 heterocycles. The highest BCUT2D eigenvalue weighted by atomic mass is 35.5. The second kappa shape index (κ2) is 10.2. The van der Waals surface area contributed by atoms with Crippen molar-refractivity contribution in [1.82, 2.24) is 14.5 Å². The number of halogens is 1. The van der Waals surface area contributed by atoms with Crippen molar-refractivity contribution in [2.75, 3.05) is 6.54 Å². The van der Waals surface area contributed by atoms with E-state index in [0.717, 1.165) is 56.8 Å². The number of fused-ring (bicyclic) bond motifs is 1. The smallest absolute Gasteiger partial charge is 0.152 e. The molecule has 4 rings (SSSR count). The molecule has 2 aromatic carbocycles. The second-order valence-electron chi connectivity index (χ2n) is 9.56. The first-order valence-corrected chi connectivity index (χ1v) is 12.5. The molecule has 4 heteroatoms. The number of aromatic nitrogens is 2. The SMILES string of the molecule is CCCCn1c(-c2ccccc2C)nc(Cl)c1CN1CCc2ccccc2C1CC(C)C. The van der Waals surface area contributed by atoms with Gasteiger partial charge >= 0.3 is 0 Å². The summed E-state index contributed by atoms with van der Waals surface area (Å²) in [5.41, 5.74) is 6.57. The third-order valence-electron chi connectivity index (χ3n) is 6.72. The summed E-state index contributed by atoms with van der Waals surface area (Å²) in [7, 11) is 0. The Labute approximate surface area is 198 Å². The van der Waals surface area contributed by atoms with Gasteiger partial charge in [0.1, 0.15) is 5.82 Å². The number of unbranched alkanes of at least 4 members (excludes halogenated alkanes) is 1. The maximum Gasteiger partial charge on any atom is 0.152 e. The molecule has 0 amide bonds. The third-order valence-corrected chi connectivity index (χ3v) is 7.02. The van der Waals surface area contributed by atoms with Crippen LogP contribution in [-0.2, 0) is 19.5 Å². The van der Waals surface area contributed by atoms with Crippen LogP contribution in [0.1, 0.15) is 68.5 Å². The Morgan fingerprint density at radius 1 is 1.09 bits per heavy atom. The van der Waals surface area contributed by atoms with Gasteiger partial charge in [0, 0.05) is 31.2 Å². The summed E-state index contributed by atoms with van der Waals surface area (Å²) < 4.78 is 2.39. The lowest BCUT2D eigenvalue weighted by atomic mass is 9.87. The molecule has 0 N–H and O–H groups in total. The van der Waals surface area contributed by atoms with Crippen LogP contribution in [-0.4, -0.2) is 21.0 Å². The summed E-state index contributed by atoms with van der Waals surface area (Å²) in [4.78, 5) is 7.53. The van der Waals surface area contributed by atoms with Crippen molar-refractivity contribution >= 4 is 11.6 Å². The largest absolute Gasteiger partial charge is 0.325 e. The summed E-state index contributed by atoms with van der Waals surface area (Å²) in [5, 5.41) is 0.654. The van der Waals surface area contributed by atoms with E-state index >= 15 is 0 Å². The average molecular weight is 450 g/mol. The molecule has 32 heavy (non-hydrogen) atoms. The van der Waals surface area contributed by atoms with Gasteiger partial charge in [0.25, 0.3) is 0 Å². The fourth-order valence-corrected chi connectivity index (χ4v) is 5.24. The highest BCUT2D eigenvalue weighted by Crippen LogP contribution is 2.37. The van der Waals surface area contributed by atoms with Crippen molar-refractivity contribution in [2.45, 2.75) is 72.5 Å². The highest BCUT2D eigenvalue weighted by molar-refractivity contribution is 6.30. The Hall–Kier alpha value is -2.10. The predicted molar refractivity (Wildman–Crippen MR) is 135 cm³/mol. The lowest BCUT2D eigenvalue weighted by molar-refractivity contribution is 0.150. The van der Waals surface area contributed by atoms with E-state index in [4.69, 9.17) is 16.6 Å². The monoisotopic (exact) mass is 449 g/mol. The van der Waals surface area contributed by atoms with Crippen molar-refractivity contribution in [1.29, 1.82) is 0 Å². The molecular formula is C28H36ClN3. The standard InChI is InChI=1S/C28H36ClN3/c1-5-6-16-32-26(27(29)30-28(32)23-13-9-7-11-21(23)4)19-31-17-15-22-12-8-10-14-24(22)25(31)18-20(2)3/h7-14,20,25H,5-6,15-19H2,1-4H3. The minimum atomic E-state index is 0.424. The van der Waals surface area contributed by atoms with Gasteiger partial charge in [0.05, 0.1) is 5.69 Å². The Bertz CT molecular complexity index is 1050. The van der Waals surface area contributed by atoms with Gasteiger partial charge in [-0.15, -0.1) is 0 Å². The topological polar surface area (TPSA) is 21.1 Å². The minimum Gasteiger partial charge on any atom is -0.325 e. The van der Waals surface area contributed by atoms with Crippen LogP contribution in [0.2, 0.25) is 5.15 Å². The van der Waals surface area contributed by atoms with E-state index in [2.05, 4.69) is 85.7 Å². The van der Waals surface area contributed by atoms with Crippen molar-refractivity contribution < 1.29 is 0 Å². The number of imidazole rings is 1. The van der Waals surface area contributed by atoms with Gasteiger partial charge in [0.15, 0.2) is 5.15 Å². The molecule has 0 radical (unpaired) electrons. The normalized spacial score (nSPS) is 16.5. The third kappa shape index (κ3) is 4.79. The molecule has 0 fully saturated rings. The van der Waals surface area contributed by atoms with E-state index in [9.17, 15) is 0 Å². The molecule has 0 bridgehead atoms. The molecule has 1 unspecified atom stereocenters. The van der Waals surface area contributed by atoms with Gasteiger partial charge in [0.2, 0.25) is 0 Å². The van der Waals surface area contributed by atoms with Crippen LogP contribution in [0.25, 0.3) is 11.4 Å². The van der Waals surface area contributed by atoms with Crippen LogP contribution in [0.3, 0.4) is 0 Å². The molecule has 3 nitrogen and oxygen atoms in total. The van der Waals surface area contributed by atoms with Gasteiger partial charge < -0.3 is 4.57 Å². The van der Waals surface area contributed by atoms with E-state index in [0.29, 0.717) is 17.1 Å². The van der Waals surface area contributed by atoms with Crippen molar-refractivity contribution in [3.63, 3.8) is 0 Å². The lowest BCUT2D eigenvalue weighted by Crippen LogP contribution is -2.36. The fourth-order valence-electron chi connectivity index (χ4n) is 5.00. The number of nitrogens with zero attached hydrogens (tertiary/aromatic N) is 3. The molecule has 0 aliphatic carbocycles. The molecular weight excluding hydrogens is 414 g/mol. The number of rotatable bonds is 8. The van der Waals surface area contributed by atoms with E-state index < -0.39 is 0 Å². The number of aryl methyl sites for hydroxylation is 1. The average Bonchev–Trinajstić information content (AvgIpc) is 3.08. The van der Waals surface area contributed by atoms with Gasteiger partial charge in [-0.2, -0.15) is 0 Å². The molecule has 1 aromatic heterocycles. The molecule has 1 aliphatic rings. The quantitative estimate of drug-likeness (QED) is 0.356. The maximum absolute atomic E-state index is 6.85. The zero-order valence-corrected chi connectivity index (χ0v) is 20.7. The fraction of sp³-hybridized carbons (Fsp3) is 0.464. The summed E-state index contributed by atoms with van der Waals surface area (Å²) in [6.07, 6.45) is 4.52. The van der Waals surface area contributed by atoms with Crippen molar-refractivity contribution in [3.05, 3.63) is 76.1 Å². The van der Waals surface area contributed by atoms with Crippen LogP contribution in [0.15, 0.2) is 48.5 Å². The summed E-state index contributed by atoms with van der Waals surface area (Å²) in [6, 6.07) is 17.9. The minimum absolute atomic E-state index is 0.424. The first kappa shape index (κ1) is 23.1. The maximum atomic E-state index is 6.85. The molecule has 3 aromatic rings. The van der Waals surface area contributed by atoms with Crippen LogP contribution < -0.4 is 0 Å². The van der Waals surface area contributed by atoms with Crippen LogP contribution in [0.5, 0.6) is 0 Å². The number of hydrogen-bond acceptors (Lipinski definition) is 2. The zero-order chi connectivity index (χ0) is 22.7. The van der Waals surface area contributed by atoms with Crippen molar-refractivity contribution in [2.24, 2.45) is 5.92 Å². The molecule has 0 saturated carbocycles. The van der Waals surface area contributed by atoms with E-state index in [1.807, 2.05) is 0 Å². The van der Waals surface area contributed by atoms with Crippen LogP contribution in [0.4, 0.5) is 0 Å². The summed E-state index contributed by atoms with van der Waals surface area (Å²) in [6.45, 7) is 11.9. The number of benzene rings is 2. The number of hydrogen-bond donors (Lipinski definition) is 0. The summed E-state index contributed by atoms with van der Waals surface area (Å²) in [5.74, 6) is 1.64. The van der Waals surface area contributed by atoms with Gasteiger partial charge in [-0.3, -0.25) is 4.90 Å². The van der Waals surface area contributed by atoms with Gasteiger partial charge in [-0.1, -0.05) is 87.3 Å². The lowest BCUT2D eigenvalue weighted by Gasteiger charge is -2.38. The molecule has 1 atom stereocenters. The Morgan fingerprint density at radius 2 is 1.84 bits per heavy atom. The molecule has 170 valence electrons. The van der Waals surface area contributed by atoms with Gasteiger partial charge in [-0.25, -0.2) is 4.98 Å². The van der Waals surface area contributed by atoms with Crippen molar-refractivity contribution in [3.8, 4) is 11.4 Å². The first-order chi connectivity index (χ1) is 15.5. The Kier molecular flexibility index (Phi) is 7.37. The zero-order valence-electron chi connectivity index (χ0n) is 19.9. The predicted octanol–water partition coefficient (Wildman–Crippen LogP) is 7.46. The van der Waals surface area contributed by atoms with Crippen LogP contribution >= 0.6 is 11.6 Å². The molecule has 0 saturated heterocycles.